The number of carbonyl (C=O) groups excluding carboxylic acids is 1. The SMILES string of the molecule is CC1(C)OCC(CN2C=Cc3cncc(F)c3[C@@H]2C=O)O1. The first-order valence-corrected chi connectivity index (χ1v) is 6.84. The van der Waals surface area contributed by atoms with Gasteiger partial charge in [0.05, 0.1) is 12.8 Å². The minimum Gasteiger partial charge on any atom is -0.361 e. The minimum absolute atomic E-state index is 0.154. The molecule has 0 N–H and O–H groups in total. The molecular weight excluding hydrogens is 275 g/mol. The molecule has 0 saturated carbocycles. The van der Waals surface area contributed by atoms with Crippen molar-refractivity contribution in [3.8, 4) is 0 Å². The molecule has 2 atom stereocenters. The summed E-state index contributed by atoms with van der Waals surface area (Å²) in [4.78, 5) is 17.0. The molecule has 1 aromatic heterocycles. The van der Waals surface area contributed by atoms with Crippen LogP contribution in [0, 0.1) is 5.82 Å². The summed E-state index contributed by atoms with van der Waals surface area (Å²) in [5.41, 5.74) is 0.993. The lowest BCUT2D eigenvalue weighted by Gasteiger charge is -2.33. The van der Waals surface area contributed by atoms with Gasteiger partial charge in [0.15, 0.2) is 5.79 Å². The van der Waals surface area contributed by atoms with Crippen molar-refractivity contribution < 1.29 is 18.7 Å². The van der Waals surface area contributed by atoms with Crippen LogP contribution in [0.3, 0.4) is 0 Å². The molecule has 21 heavy (non-hydrogen) atoms. The van der Waals surface area contributed by atoms with E-state index in [0.29, 0.717) is 24.3 Å². The number of nitrogens with zero attached hydrogens (tertiary/aromatic N) is 2. The molecule has 0 bridgehead atoms. The molecule has 0 spiro atoms. The molecule has 3 rings (SSSR count). The van der Waals surface area contributed by atoms with Gasteiger partial charge in [-0.3, -0.25) is 4.98 Å². The van der Waals surface area contributed by atoms with Crippen molar-refractivity contribution in [1.82, 2.24) is 9.88 Å². The quantitative estimate of drug-likeness (QED) is 0.796. The van der Waals surface area contributed by atoms with Gasteiger partial charge in [-0.05, 0) is 19.9 Å². The second-order valence-corrected chi connectivity index (χ2v) is 5.67. The van der Waals surface area contributed by atoms with Crippen LogP contribution in [0.5, 0.6) is 0 Å². The average molecular weight is 292 g/mol. The number of pyridine rings is 1. The van der Waals surface area contributed by atoms with Crippen LogP contribution < -0.4 is 0 Å². The second-order valence-electron chi connectivity index (χ2n) is 5.67. The molecule has 6 heteroatoms. The Morgan fingerprint density at radius 1 is 1.52 bits per heavy atom. The van der Waals surface area contributed by atoms with E-state index >= 15 is 0 Å². The summed E-state index contributed by atoms with van der Waals surface area (Å²) in [5, 5.41) is 0. The molecule has 1 unspecified atom stereocenters. The Morgan fingerprint density at radius 2 is 2.33 bits per heavy atom. The molecule has 1 saturated heterocycles. The molecule has 0 amide bonds. The maximum Gasteiger partial charge on any atom is 0.163 e. The highest BCUT2D eigenvalue weighted by molar-refractivity contribution is 5.69. The molecule has 1 fully saturated rings. The smallest absolute Gasteiger partial charge is 0.163 e. The number of rotatable bonds is 3. The summed E-state index contributed by atoms with van der Waals surface area (Å²) in [6.07, 6.45) is 6.81. The van der Waals surface area contributed by atoms with E-state index in [1.165, 1.54) is 0 Å². The summed E-state index contributed by atoms with van der Waals surface area (Å²) < 4.78 is 25.2. The Bertz CT molecular complexity index is 588. The normalized spacial score (nSPS) is 26.7. The first-order valence-electron chi connectivity index (χ1n) is 6.84. The van der Waals surface area contributed by atoms with Gasteiger partial charge in [-0.25, -0.2) is 4.39 Å². The van der Waals surface area contributed by atoms with Crippen LogP contribution in [0.25, 0.3) is 6.08 Å². The topological polar surface area (TPSA) is 51.7 Å². The molecule has 1 aromatic rings. The van der Waals surface area contributed by atoms with E-state index in [-0.39, 0.29) is 6.10 Å². The predicted molar refractivity (Wildman–Crippen MR) is 73.6 cm³/mol. The highest BCUT2D eigenvalue weighted by atomic mass is 19.1. The second kappa shape index (κ2) is 5.20. The third-order valence-electron chi connectivity index (χ3n) is 3.68. The number of aldehydes is 1. The summed E-state index contributed by atoms with van der Waals surface area (Å²) >= 11 is 0. The van der Waals surface area contributed by atoms with E-state index in [0.717, 1.165) is 12.5 Å². The first-order chi connectivity index (χ1) is 10.00. The maximum absolute atomic E-state index is 14.0. The van der Waals surface area contributed by atoms with Gasteiger partial charge in [0, 0.05) is 30.1 Å². The van der Waals surface area contributed by atoms with Gasteiger partial charge < -0.3 is 19.2 Å². The number of halogens is 1. The molecule has 0 radical (unpaired) electrons. The van der Waals surface area contributed by atoms with E-state index in [1.807, 2.05) is 13.8 Å². The van der Waals surface area contributed by atoms with Crippen molar-refractivity contribution in [1.29, 1.82) is 0 Å². The average Bonchev–Trinajstić information content (AvgIpc) is 2.78. The fourth-order valence-corrected chi connectivity index (χ4v) is 2.75. The highest BCUT2D eigenvalue weighted by Crippen LogP contribution is 2.32. The van der Waals surface area contributed by atoms with Crippen LogP contribution in [0.1, 0.15) is 31.0 Å². The fraction of sp³-hybridized carbons (Fsp3) is 0.467. The van der Waals surface area contributed by atoms with Crippen LogP contribution in [-0.4, -0.2) is 41.2 Å². The Morgan fingerprint density at radius 3 is 3.00 bits per heavy atom. The van der Waals surface area contributed by atoms with E-state index in [9.17, 15) is 9.18 Å². The molecular formula is C15H17FN2O3. The monoisotopic (exact) mass is 292 g/mol. The van der Waals surface area contributed by atoms with Gasteiger partial charge in [0.25, 0.3) is 0 Å². The van der Waals surface area contributed by atoms with Gasteiger partial charge >= 0.3 is 0 Å². The standard InChI is InChI=1S/C15H17FN2O3/c1-15(2)20-9-11(21-15)7-18-4-3-10-5-17-6-12(16)14(10)13(18)8-19/h3-6,8,11,13H,7,9H2,1-2H3/t11?,13-/m0/s1. The van der Waals surface area contributed by atoms with Crippen LogP contribution in [0.2, 0.25) is 0 Å². The van der Waals surface area contributed by atoms with Gasteiger partial charge in [0.1, 0.15) is 24.2 Å². The third-order valence-corrected chi connectivity index (χ3v) is 3.68. The largest absolute Gasteiger partial charge is 0.361 e. The summed E-state index contributed by atoms with van der Waals surface area (Å²) in [7, 11) is 0. The summed E-state index contributed by atoms with van der Waals surface area (Å²) in [6.45, 7) is 4.60. The summed E-state index contributed by atoms with van der Waals surface area (Å²) in [6, 6.07) is -0.666. The number of ether oxygens (including phenoxy) is 2. The van der Waals surface area contributed by atoms with Crippen molar-refractivity contribution in [2.45, 2.75) is 31.8 Å². The van der Waals surface area contributed by atoms with Crippen LogP contribution in [-0.2, 0) is 14.3 Å². The lowest BCUT2D eigenvalue weighted by atomic mass is 9.98. The number of hydrogen-bond donors (Lipinski definition) is 0. The Balaban J connectivity index is 1.82. The molecule has 0 aliphatic carbocycles. The van der Waals surface area contributed by atoms with Crippen molar-refractivity contribution >= 4 is 12.4 Å². The lowest BCUT2D eigenvalue weighted by Crippen LogP contribution is -2.36. The van der Waals surface area contributed by atoms with Crippen molar-refractivity contribution in [3.05, 3.63) is 35.5 Å². The zero-order valence-corrected chi connectivity index (χ0v) is 12.0. The molecule has 5 nitrogen and oxygen atoms in total. The molecule has 2 aliphatic rings. The predicted octanol–water partition coefficient (Wildman–Crippen LogP) is 1.90. The molecule has 3 heterocycles. The van der Waals surface area contributed by atoms with Crippen LogP contribution >= 0.6 is 0 Å². The van der Waals surface area contributed by atoms with Crippen molar-refractivity contribution in [3.63, 3.8) is 0 Å². The van der Waals surface area contributed by atoms with Crippen molar-refractivity contribution in [2.75, 3.05) is 13.2 Å². The van der Waals surface area contributed by atoms with Crippen LogP contribution in [0.15, 0.2) is 18.6 Å². The van der Waals surface area contributed by atoms with E-state index < -0.39 is 17.6 Å². The lowest BCUT2D eigenvalue weighted by molar-refractivity contribution is -0.140. The highest BCUT2D eigenvalue weighted by Gasteiger charge is 2.35. The molecule has 2 aliphatic heterocycles. The van der Waals surface area contributed by atoms with E-state index in [4.69, 9.17) is 9.47 Å². The van der Waals surface area contributed by atoms with Gasteiger partial charge in [-0.15, -0.1) is 0 Å². The van der Waals surface area contributed by atoms with Crippen LogP contribution in [0.4, 0.5) is 4.39 Å². The maximum atomic E-state index is 14.0. The third kappa shape index (κ3) is 2.69. The van der Waals surface area contributed by atoms with E-state index in [2.05, 4.69) is 4.98 Å². The summed E-state index contributed by atoms with van der Waals surface area (Å²) in [5.74, 6) is -1.09. The first kappa shape index (κ1) is 14.2. The van der Waals surface area contributed by atoms with Gasteiger partial charge in [-0.2, -0.15) is 0 Å². The number of hydrogen-bond acceptors (Lipinski definition) is 5. The fourth-order valence-electron chi connectivity index (χ4n) is 2.75. The molecule has 112 valence electrons. The Labute approximate surface area is 122 Å². The van der Waals surface area contributed by atoms with Gasteiger partial charge in [0.2, 0.25) is 0 Å². The molecule has 0 aromatic carbocycles. The number of aromatic nitrogens is 1. The number of carbonyl (C=O) groups is 1. The zero-order valence-electron chi connectivity index (χ0n) is 12.0. The van der Waals surface area contributed by atoms with Gasteiger partial charge in [-0.1, -0.05) is 0 Å². The zero-order chi connectivity index (χ0) is 15.0. The Kier molecular flexibility index (Phi) is 3.51. The van der Waals surface area contributed by atoms with E-state index in [1.54, 1.807) is 23.4 Å². The number of fused-ring (bicyclic) bond motifs is 1. The Hall–Kier alpha value is -1.79. The van der Waals surface area contributed by atoms with Crippen molar-refractivity contribution in [2.24, 2.45) is 0 Å². The minimum atomic E-state index is -0.666.